The lowest BCUT2D eigenvalue weighted by molar-refractivity contribution is 0.492. The third-order valence-electron chi connectivity index (χ3n) is 3.23. The quantitative estimate of drug-likeness (QED) is 0.882. The molecule has 2 rings (SSSR count). The molecule has 1 atom stereocenters. The standard InChI is InChI=1S/C14H20ClN3O/c1-4-12-10(7-8-19-12)13(16-5-2)14-11(15)9-17-18(14)6-3/h7-9,13,16H,4-6H2,1-3H3. The Balaban J connectivity index is 2.48. The summed E-state index contributed by atoms with van der Waals surface area (Å²) in [5.41, 5.74) is 2.14. The minimum atomic E-state index is 0.0219. The first-order valence-corrected chi connectivity index (χ1v) is 7.11. The topological polar surface area (TPSA) is 43.0 Å². The molecule has 0 bridgehead atoms. The van der Waals surface area contributed by atoms with Gasteiger partial charge in [-0.2, -0.15) is 5.10 Å². The van der Waals surface area contributed by atoms with Crippen LogP contribution in [0.3, 0.4) is 0 Å². The molecule has 1 unspecified atom stereocenters. The van der Waals surface area contributed by atoms with Gasteiger partial charge >= 0.3 is 0 Å². The van der Waals surface area contributed by atoms with Crippen LogP contribution in [0.4, 0.5) is 0 Å². The molecule has 19 heavy (non-hydrogen) atoms. The van der Waals surface area contributed by atoms with E-state index in [4.69, 9.17) is 16.0 Å². The van der Waals surface area contributed by atoms with Crippen molar-refractivity contribution < 1.29 is 4.42 Å². The summed E-state index contributed by atoms with van der Waals surface area (Å²) in [5, 5.41) is 8.48. The summed E-state index contributed by atoms with van der Waals surface area (Å²) < 4.78 is 7.47. The molecule has 0 spiro atoms. The Morgan fingerprint density at radius 1 is 1.42 bits per heavy atom. The molecule has 0 aliphatic carbocycles. The van der Waals surface area contributed by atoms with E-state index in [0.717, 1.165) is 36.5 Å². The van der Waals surface area contributed by atoms with Crippen molar-refractivity contribution in [2.75, 3.05) is 6.54 Å². The van der Waals surface area contributed by atoms with Gasteiger partial charge in [0.2, 0.25) is 0 Å². The number of furan rings is 1. The van der Waals surface area contributed by atoms with Crippen molar-refractivity contribution >= 4 is 11.6 Å². The fraction of sp³-hybridized carbons (Fsp3) is 0.500. The van der Waals surface area contributed by atoms with Crippen LogP contribution < -0.4 is 5.32 Å². The number of nitrogens with one attached hydrogen (secondary N) is 1. The molecule has 2 aromatic rings. The van der Waals surface area contributed by atoms with Crippen molar-refractivity contribution in [3.8, 4) is 0 Å². The number of aryl methyl sites for hydroxylation is 2. The summed E-state index contributed by atoms with van der Waals surface area (Å²) in [5.74, 6) is 0.992. The molecule has 0 fully saturated rings. The highest BCUT2D eigenvalue weighted by Crippen LogP contribution is 2.31. The number of nitrogens with zero attached hydrogens (tertiary/aromatic N) is 2. The third-order valence-corrected chi connectivity index (χ3v) is 3.52. The van der Waals surface area contributed by atoms with Crippen molar-refractivity contribution in [3.05, 3.63) is 40.6 Å². The maximum Gasteiger partial charge on any atom is 0.108 e. The summed E-state index contributed by atoms with van der Waals surface area (Å²) in [6.45, 7) is 7.88. The molecule has 0 saturated carbocycles. The second-order valence-electron chi connectivity index (χ2n) is 4.34. The van der Waals surface area contributed by atoms with Gasteiger partial charge in [0, 0.05) is 18.5 Å². The van der Waals surface area contributed by atoms with Gasteiger partial charge in [0.05, 0.1) is 29.2 Å². The first kappa shape index (κ1) is 14.2. The number of hydrogen-bond donors (Lipinski definition) is 1. The first-order chi connectivity index (χ1) is 9.22. The second kappa shape index (κ2) is 6.26. The minimum Gasteiger partial charge on any atom is -0.469 e. The Labute approximate surface area is 118 Å². The van der Waals surface area contributed by atoms with Crippen LogP contribution in [0.1, 0.15) is 43.8 Å². The van der Waals surface area contributed by atoms with Crippen LogP contribution in [-0.2, 0) is 13.0 Å². The van der Waals surface area contributed by atoms with Crippen LogP contribution in [0.5, 0.6) is 0 Å². The summed E-state index contributed by atoms with van der Waals surface area (Å²) in [4.78, 5) is 0. The van der Waals surface area contributed by atoms with Gasteiger partial charge in [-0.05, 0) is 19.5 Å². The van der Waals surface area contributed by atoms with Crippen LogP contribution in [0.25, 0.3) is 0 Å². The smallest absolute Gasteiger partial charge is 0.108 e. The Kier molecular flexibility index (Phi) is 4.66. The van der Waals surface area contributed by atoms with E-state index in [1.54, 1.807) is 12.5 Å². The maximum atomic E-state index is 6.31. The lowest BCUT2D eigenvalue weighted by Crippen LogP contribution is -2.25. The van der Waals surface area contributed by atoms with Gasteiger partial charge in [0.25, 0.3) is 0 Å². The molecule has 4 nitrogen and oxygen atoms in total. The molecule has 0 saturated heterocycles. The van der Waals surface area contributed by atoms with Gasteiger partial charge in [0.15, 0.2) is 0 Å². The zero-order chi connectivity index (χ0) is 13.8. The molecule has 2 heterocycles. The maximum absolute atomic E-state index is 6.31. The molecule has 0 radical (unpaired) electrons. The van der Waals surface area contributed by atoms with E-state index in [-0.39, 0.29) is 6.04 Å². The molecule has 0 aromatic carbocycles. The number of aromatic nitrogens is 2. The fourth-order valence-electron chi connectivity index (χ4n) is 2.36. The SMILES string of the molecule is CCNC(c1ccoc1CC)c1c(Cl)cnn1CC. The van der Waals surface area contributed by atoms with Crippen LogP contribution >= 0.6 is 11.6 Å². The van der Waals surface area contributed by atoms with Crippen LogP contribution in [-0.4, -0.2) is 16.3 Å². The van der Waals surface area contributed by atoms with Gasteiger partial charge in [-0.15, -0.1) is 0 Å². The van der Waals surface area contributed by atoms with E-state index in [9.17, 15) is 0 Å². The highest BCUT2D eigenvalue weighted by molar-refractivity contribution is 6.31. The van der Waals surface area contributed by atoms with Gasteiger partial charge in [0.1, 0.15) is 5.76 Å². The van der Waals surface area contributed by atoms with Crippen LogP contribution in [0.15, 0.2) is 22.9 Å². The number of halogens is 1. The summed E-state index contributed by atoms with van der Waals surface area (Å²) in [6.07, 6.45) is 4.30. The Morgan fingerprint density at radius 2 is 2.21 bits per heavy atom. The Hall–Kier alpha value is -1.26. The van der Waals surface area contributed by atoms with Crippen molar-refractivity contribution in [1.82, 2.24) is 15.1 Å². The van der Waals surface area contributed by atoms with Gasteiger partial charge in [-0.3, -0.25) is 4.68 Å². The monoisotopic (exact) mass is 281 g/mol. The van der Waals surface area contributed by atoms with E-state index in [1.807, 2.05) is 10.7 Å². The molecule has 2 aromatic heterocycles. The van der Waals surface area contributed by atoms with Crippen molar-refractivity contribution in [2.24, 2.45) is 0 Å². The van der Waals surface area contributed by atoms with E-state index in [0.29, 0.717) is 5.02 Å². The summed E-state index contributed by atoms with van der Waals surface area (Å²) in [7, 11) is 0. The van der Waals surface area contributed by atoms with Crippen molar-refractivity contribution in [3.63, 3.8) is 0 Å². The van der Waals surface area contributed by atoms with E-state index in [1.165, 1.54) is 0 Å². The Bertz CT molecular complexity index is 533. The van der Waals surface area contributed by atoms with E-state index in [2.05, 4.69) is 31.2 Å². The molecule has 0 aliphatic rings. The highest BCUT2D eigenvalue weighted by Gasteiger charge is 2.24. The molecule has 5 heteroatoms. The molecule has 1 N–H and O–H groups in total. The van der Waals surface area contributed by atoms with E-state index >= 15 is 0 Å². The lowest BCUT2D eigenvalue weighted by Gasteiger charge is -2.19. The molecular formula is C14H20ClN3O. The van der Waals surface area contributed by atoms with Crippen LogP contribution in [0.2, 0.25) is 5.02 Å². The largest absolute Gasteiger partial charge is 0.469 e. The van der Waals surface area contributed by atoms with Crippen LogP contribution in [0, 0.1) is 0 Å². The Morgan fingerprint density at radius 3 is 2.84 bits per heavy atom. The average Bonchev–Trinajstić information content (AvgIpc) is 3.02. The second-order valence-corrected chi connectivity index (χ2v) is 4.74. The zero-order valence-electron chi connectivity index (χ0n) is 11.6. The molecule has 0 aliphatic heterocycles. The van der Waals surface area contributed by atoms with Crippen molar-refractivity contribution in [2.45, 2.75) is 39.8 Å². The molecular weight excluding hydrogens is 262 g/mol. The van der Waals surface area contributed by atoms with Gasteiger partial charge in [-0.1, -0.05) is 25.4 Å². The molecule has 0 amide bonds. The first-order valence-electron chi connectivity index (χ1n) is 6.73. The van der Waals surface area contributed by atoms with Gasteiger partial charge in [-0.25, -0.2) is 0 Å². The summed E-state index contributed by atoms with van der Waals surface area (Å²) in [6, 6.07) is 2.03. The lowest BCUT2D eigenvalue weighted by atomic mass is 10.0. The third kappa shape index (κ3) is 2.69. The minimum absolute atomic E-state index is 0.0219. The number of rotatable bonds is 6. The fourth-order valence-corrected chi connectivity index (χ4v) is 2.61. The highest BCUT2D eigenvalue weighted by atomic mass is 35.5. The van der Waals surface area contributed by atoms with Crippen molar-refractivity contribution in [1.29, 1.82) is 0 Å². The summed E-state index contributed by atoms with van der Waals surface area (Å²) >= 11 is 6.31. The number of hydrogen-bond acceptors (Lipinski definition) is 3. The normalized spacial score (nSPS) is 12.8. The van der Waals surface area contributed by atoms with E-state index < -0.39 is 0 Å². The average molecular weight is 282 g/mol. The van der Waals surface area contributed by atoms with Gasteiger partial charge < -0.3 is 9.73 Å². The zero-order valence-corrected chi connectivity index (χ0v) is 12.4. The predicted molar refractivity (Wildman–Crippen MR) is 76.5 cm³/mol. The molecule has 104 valence electrons. The predicted octanol–water partition coefficient (Wildman–Crippen LogP) is 3.41.